The molecule has 0 amide bonds. The Hall–Kier alpha value is -1.60. The van der Waals surface area contributed by atoms with E-state index in [4.69, 9.17) is 18.9 Å². The molecule has 10 atom stereocenters. The van der Waals surface area contributed by atoms with Crippen LogP contribution in [-0.2, 0) is 14.2 Å². The summed E-state index contributed by atoms with van der Waals surface area (Å²) in [6.45, 7) is 4.81. The SMILES string of the molecule is C=Cc1ccc(OC2OC(COC3OC(C)C(O)C(O)C3O)C(O)C(O)C2O)cc1. The molecule has 10 nitrogen and oxygen atoms in total. The molecule has 168 valence electrons. The van der Waals surface area contributed by atoms with Crippen molar-refractivity contribution < 1.29 is 49.6 Å². The van der Waals surface area contributed by atoms with Crippen molar-refractivity contribution in [3.8, 4) is 5.75 Å². The molecule has 2 aliphatic rings. The van der Waals surface area contributed by atoms with Crippen LogP contribution in [0.4, 0.5) is 0 Å². The van der Waals surface area contributed by atoms with Crippen molar-refractivity contribution in [3.63, 3.8) is 0 Å². The van der Waals surface area contributed by atoms with Crippen LogP contribution in [0.15, 0.2) is 30.8 Å². The van der Waals surface area contributed by atoms with Crippen LogP contribution < -0.4 is 4.74 Å². The van der Waals surface area contributed by atoms with Crippen LogP contribution in [0, 0.1) is 0 Å². The summed E-state index contributed by atoms with van der Waals surface area (Å²) in [7, 11) is 0. The highest BCUT2D eigenvalue weighted by molar-refractivity contribution is 5.48. The van der Waals surface area contributed by atoms with Gasteiger partial charge in [0.15, 0.2) is 6.29 Å². The molecule has 10 heteroatoms. The van der Waals surface area contributed by atoms with Gasteiger partial charge in [0, 0.05) is 0 Å². The first kappa shape index (κ1) is 23.1. The highest BCUT2D eigenvalue weighted by Gasteiger charge is 2.47. The fourth-order valence-corrected chi connectivity index (χ4v) is 3.31. The lowest BCUT2D eigenvalue weighted by Crippen LogP contribution is -2.61. The van der Waals surface area contributed by atoms with Gasteiger partial charge in [-0.3, -0.25) is 0 Å². The lowest BCUT2D eigenvalue weighted by Gasteiger charge is -2.42. The number of benzene rings is 1. The molecule has 1 aromatic carbocycles. The molecular formula is C20H28O10. The van der Waals surface area contributed by atoms with Crippen LogP contribution in [-0.4, -0.2) is 98.7 Å². The molecule has 0 aromatic heterocycles. The van der Waals surface area contributed by atoms with Gasteiger partial charge in [0.25, 0.3) is 0 Å². The molecule has 0 aliphatic carbocycles. The normalized spacial score (nSPS) is 42.0. The van der Waals surface area contributed by atoms with Gasteiger partial charge in [0.05, 0.1) is 12.7 Å². The first-order valence-electron chi connectivity index (χ1n) is 9.63. The summed E-state index contributed by atoms with van der Waals surface area (Å²) in [5.74, 6) is 0.366. The van der Waals surface area contributed by atoms with Crippen LogP contribution in [0.3, 0.4) is 0 Å². The van der Waals surface area contributed by atoms with Gasteiger partial charge in [-0.05, 0) is 24.6 Å². The smallest absolute Gasteiger partial charge is 0.229 e. The first-order chi connectivity index (χ1) is 14.2. The molecule has 30 heavy (non-hydrogen) atoms. The number of hydrogen-bond donors (Lipinski definition) is 6. The topological polar surface area (TPSA) is 158 Å². The molecule has 2 aliphatic heterocycles. The molecule has 2 saturated heterocycles. The lowest BCUT2D eigenvalue weighted by atomic mass is 9.98. The maximum absolute atomic E-state index is 10.2. The predicted octanol–water partition coefficient (Wildman–Crippen LogP) is -1.64. The van der Waals surface area contributed by atoms with Gasteiger partial charge < -0.3 is 49.6 Å². The number of ether oxygens (including phenoxy) is 4. The van der Waals surface area contributed by atoms with Gasteiger partial charge in [-0.2, -0.15) is 0 Å². The van der Waals surface area contributed by atoms with E-state index in [9.17, 15) is 30.6 Å². The summed E-state index contributed by atoms with van der Waals surface area (Å²) >= 11 is 0. The molecule has 0 radical (unpaired) electrons. The van der Waals surface area contributed by atoms with Crippen LogP contribution >= 0.6 is 0 Å². The van der Waals surface area contributed by atoms with Gasteiger partial charge in [0.2, 0.25) is 6.29 Å². The van der Waals surface area contributed by atoms with E-state index in [2.05, 4.69) is 6.58 Å². The van der Waals surface area contributed by atoms with E-state index >= 15 is 0 Å². The second kappa shape index (κ2) is 9.69. The Bertz CT molecular complexity index is 697. The van der Waals surface area contributed by atoms with Crippen molar-refractivity contribution in [1.82, 2.24) is 0 Å². The average Bonchev–Trinajstić information content (AvgIpc) is 2.75. The van der Waals surface area contributed by atoms with Gasteiger partial charge in [-0.25, -0.2) is 0 Å². The van der Waals surface area contributed by atoms with Crippen LogP contribution in [0.25, 0.3) is 6.08 Å². The summed E-state index contributed by atoms with van der Waals surface area (Å²) in [5.41, 5.74) is 0.863. The summed E-state index contributed by atoms with van der Waals surface area (Å²) in [5, 5.41) is 60.2. The monoisotopic (exact) mass is 428 g/mol. The molecule has 2 heterocycles. The van der Waals surface area contributed by atoms with E-state index in [1.807, 2.05) is 0 Å². The van der Waals surface area contributed by atoms with E-state index in [0.717, 1.165) is 5.56 Å². The van der Waals surface area contributed by atoms with E-state index in [-0.39, 0.29) is 6.61 Å². The van der Waals surface area contributed by atoms with E-state index in [1.165, 1.54) is 6.92 Å². The Morgan fingerprint density at radius 1 is 0.833 bits per heavy atom. The van der Waals surface area contributed by atoms with Gasteiger partial charge in [-0.1, -0.05) is 24.8 Å². The zero-order valence-corrected chi connectivity index (χ0v) is 16.4. The van der Waals surface area contributed by atoms with Crippen molar-refractivity contribution in [3.05, 3.63) is 36.4 Å². The fraction of sp³-hybridized carbons (Fsp3) is 0.600. The quantitative estimate of drug-likeness (QED) is 0.310. The summed E-state index contributed by atoms with van der Waals surface area (Å²) < 4.78 is 21.9. The molecule has 1 aromatic rings. The Morgan fingerprint density at radius 3 is 2.07 bits per heavy atom. The predicted molar refractivity (Wildman–Crippen MR) is 102 cm³/mol. The maximum Gasteiger partial charge on any atom is 0.229 e. The highest BCUT2D eigenvalue weighted by Crippen LogP contribution is 2.27. The van der Waals surface area contributed by atoms with Crippen molar-refractivity contribution in [1.29, 1.82) is 0 Å². The number of rotatable bonds is 6. The number of aliphatic hydroxyl groups is 6. The highest BCUT2D eigenvalue weighted by atomic mass is 16.7. The second-order valence-corrected chi connectivity index (χ2v) is 7.42. The van der Waals surface area contributed by atoms with Crippen LogP contribution in [0.2, 0.25) is 0 Å². The minimum Gasteiger partial charge on any atom is -0.462 e. The van der Waals surface area contributed by atoms with Crippen molar-refractivity contribution in [2.45, 2.75) is 68.3 Å². The van der Waals surface area contributed by atoms with Crippen molar-refractivity contribution >= 4 is 6.08 Å². The van der Waals surface area contributed by atoms with Gasteiger partial charge in [-0.15, -0.1) is 0 Å². The molecule has 0 bridgehead atoms. The molecule has 6 N–H and O–H groups in total. The standard InChI is InChI=1S/C20H28O10/c1-3-10-4-6-11(7-5-10)29-20-18(26)16(24)14(22)12(30-20)8-27-19-17(25)15(23)13(21)9(2)28-19/h3-7,9,12-26H,1,8H2,2H3. The zero-order valence-electron chi connectivity index (χ0n) is 16.4. The second-order valence-electron chi connectivity index (χ2n) is 7.42. The van der Waals surface area contributed by atoms with Gasteiger partial charge in [0.1, 0.15) is 48.5 Å². The minimum absolute atomic E-state index is 0.350. The van der Waals surface area contributed by atoms with E-state index in [1.54, 1.807) is 30.3 Å². The van der Waals surface area contributed by atoms with E-state index < -0.39 is 61.4 Å². The van der Waals surface area contributed by atoms with Crippen LogP contribution in [0.5, 0.6) is 5.75 Å². The minimum atomic E-state index is -1.58. The largest absolute Gasteiger partial charge is 0.462 e. The maximum atomic E-state index is 10.2. The molecule has 0 saturated carbocycles. The third kappa shape index (κ3) is 4.83. The fourth-order valence-electron chi connectivity index (χ4n) is 3.31. The lowest BCUT2D eigenvalue weighted by molar-refractivity contribution is -0.318. The number of hydrogen-bond acceptors (Lipinski definition) is 10. The Labute approximate surface area is 173 Å². The summed E-state index contributed by atoms with van der Waals surface area (Å²) in [6, 6.07) is 6.75. The first-order valence-corrected chi connectivity index (χ1v) is 9.63. The molecule has 0 spiro atoms. The molecule has 10 unspecified atom stereocenters. The van der Waals surface area contributed by atoms with Crippen molar-refractivity contribution in [2.24, 2.45) is 0 Å². The zero-order chi connectivity index (χ0) is 22.0. The Kier molecular flexibility index (Phi) is 7.45. The van der Waals surface area contributed by atoms with Gasteiger partial charge >= 0.3 is 0 Å². The molecule has 3 rings (SSSR count). The van der Waals surface area contributed by atoms with Crippen LogP contribution in [0.1, 0.15) is 12.5 Å². The Balaban J connectivity index is 1.63. The summed E-state index contributed by atoms with van der Waals surface area (Å²) in [4.78, 5) is 0. The summed E-state index contributed by atoms with van der Waals surface area (Å²) in [6.07, 6.45) is -11.7. The third-order valence-corrected chi connectivity index (χ3v) is 5.27. The van der Waals surface area contributed by atoms with E-state index in [0.29, 0.717) is 5.75 Å². The number of aliphatic hydroxyl groups excluding tert-OH is 6. The third-order valence-electron chi connectivity index (χ3n) is 5.27. The molecule has 2 fully saturated rings. The average molecular weight is 428 g/mol. The van der Waals surface area contributed by atoms with Crippen molar-refractivity contribution in [2.75, 3.05) is 6.61 Å². The molecular weight excluding hydrogens is 400 g/mol. The Morgan fingerprint density at radius 2 is 1.43 bits per heavy atom.